The van der Waals surface area contributed by atoms with Crippen LogP contribution in [0.5, 0.6) is 5.75 Å². The molecule has 0 aliphatic rings. The van der Waals surface area contributed by atoms with Crippen LogP contribution >= 0.6 is 0 Å². The Morgan fingerprint density at radius 3 is 2.82 bits per heavy atom. The first kappa shape index (κ1) is 11.1. The van der Waals surface area contributed by atoms with E-state index < -0.39 is 0 Å². The number of ether oxygens (including phenoxy) is 1. The fraction of sp³-hybridized carbons (Fsp3) is 0.167. The summed E-state index contributed by atoms with van der Waals surface area (Å²) in [4.78, 5) is 4.10. The molecule has 0 saturated heterocycles. The van der Waals surface area contributed by atoms with Crippen molar-refractivity contribution in [2.24, 2.45) is 7.05 Å². The van der Waals surface area contributed by atoms with Crippen LogP contribution in [-0.2, 0) is 7.05 Å². The number of benzene rings is 1. The minimum Gasteiger partial charge on any atom is -0.496 e. The van der Waals surface area contributed by atoms with Crippen molar-refractivity contribution in [2.75, 3.05) is 7.11 Å². The minimum absolute atomic E-state index is 0.373. The Hall–Kier alpha value is -2.35. The van der Waals surface area contributed by atoms with Gasteiger partial charge in [-0.3, -0.25) is 0 Å². The van der Waals surface area contributed by atoms with Gasteiger partial charge >= 0.3 is 0 Å². The normalized spacial score (nSPS) is 10.0. The zero-order chi connectivity index (χ0) is 12.4. The monoisotopic (exact) mass is 231 g/mol. The standard InChI is InChI=1S/C12H10FN3O/c1-16-9(6-14)7-15-12(16)10-5-8(13)3-4-11(10)17-2/h3-5,7H,1-2H3. The predicted octanol–water partition coefficient (Wildman–Crippen LogP) is 2.11. The molecule has 0 N–H and O–H groups in total. The maximum absolute atomic E-state index is 13.2. The molecule has 0 atom stereocenters. The van der Waals surface area contributed by atoms with Crippen molar-refractivity contribution in [3.05, 3.63) is 35.9 Å². The molecule has 0 aliphatic heterocycles. The number of hydrogen-bond acceptors (Lipinski definition) is 3. The highest BCUT2D eigenvalue weighted by molar-refractivity contribution is 5.65. The minimum atomic E-state index is -0.373. The van der Waals surface area contributed by atoms with E-state index in [2.05, 4.69) is 4.98 Å². The Morgan fingerprint density at radius 1 is 1.47 bits per heavy atom. The van der Waals surface area contributed by atoms with Crippen LogP contribution in [0.15, 0.2) is 24.4 Å². The van der Waals surface area contributed by atoms with Crippen LogP contribution in [0.25, 0.3) is 11.4 Å². The summed E-state index contributed by atoms with van der Waals surface area (Å²) in [5.74, 6) is 0.643. The lowest BCUT2D eigenvalue weighted by Crippen LogP contribution is -1.98. The molecule has 0 fully saturated rings. The SMILES string of the molecule is COc1ccc(F)cc1-c1ncc(C#N)n1C. The van der Waals surface area contributed by atoms with E-state index >= 15 is 0 Å². The molecule has 0 spiro atoms. The van der Waals surface area contributed by atoms with E-state index in [1.54, 1.807) is 11.6 Å². The zero-order valence-electron chi connectivity index (χ0n) is 9.44. The van der Waals surface area contributed by atoms with E-state index in [9.17, 15) is 4.39 Å². The van der Waals surface area contributed by atoms with Gasteiger partial charge in [-0.15, -0.1) is 0 Å². The summed E-state index contributed by atoms with van der Waals surface area (Å²) >= 11 is 0. The van der Waals surface area contributed by atoms with Gasteiger partial charge in [0.1, 0.15) is 29.2 Å². The maximum atomic E-state index is 13.2. The number of imidazole rings is 1. The first-order valence-electron chi connectivity index (χ1n) is 4.93. The van der Waals surface area contributed by atoms with Crippen molar-refractivity contribution in [3.8, 4) is 23.2 Å². The third-order valence-corrected chi connectivity index (χ3v) is 2.51. The van der Waals surface area contributed by atoms with Crippen LogP contribution in [0, 0.1) is 17.1 Å². The molecular formula is C12H10FN3O. The number of halogens is 1. The highest BCUT2D eigenvalue weighted by Crippen LogP contribution is 2.29. The summed E-state index contributed by atoms with van der Waals surface area (Å²) in [5.41, 5.74) is 0.933. The Morgan fingerprint density at radius 2 is 2.24 bits per heavy atom. The molecule has 1 aromatic heterocycles. The third-order valence-electron chi connectivity index (χ3n) is 2.51. The van der Waals surface area contributed by atoms with E-state index in [1.165, 1.54) is 31.5 Å². The highest BCUT2D eigenvalue weighted by Gasteiger charge is 2.13. The largest absolute Gasteiger partial charge is 0.496 e. The van der Waals surface area contributed by atoms with Crippen molar-refractivity contribution in [1.82, 2.24) is 9.55 Å². The van der Waals surface area contributed by atoms with E-state index in [1.807, 2.05) is 6.07 Å². The number of aromatic nitrogens is 2. The number of hydrogen-bond donors (Lipinski definition) is 0. The van der Waals surface area contributed by atoms with Gasteiger partial charge in [0, 0.05) is 7.05 Å². The van der Waals surface area contributed by atoms with Gasteiger partial charge in [-0.1, -0.05) is 0 Å². The summed E-state index contributed by atoms with van der Waals surface area (Å²) in [5, 5.41) is 8.84. The molecule has 0 aliphatic carbocycles. The van der Waals surface area contributed by atoms with Crippen LogP contribution in [-0.4, -0.2) is 16.7 Å². The van der Waals surface area contributed by atoms with Crippen LogP contribution < -0.4 is 4.74 Å². The Kier molecular flexibility index (Phi) is 2.79. The zero-order valence-corrected chi connectivity index (χ0v) is 9.44. The summed E-state index contributed by atoms with van der Waals surface area (Å²) in [6.07, 6.45) is 1.44. The molecule has 2 rings (SSSR count). The second-order valence-corrected chi connectivity index (χ2v) is 3.48. The van der Waals surface area contributed by atoms with Gasteiger partial charge in [0.15, 0.2) is 0 Å². The number of nitrogens with zero attached hydrogens (tertiary/aromatic N) is 3. The summed E-state index contributed by atoms with van der Waals surface area (Å²) in [7, 11) is 3.20. The fourth-order valence-corrected chi connectivity index (χ4v) is 1.62. The molecule has 1 aromatic carbocycles. The molecule has 86 valence electrons. The van der Waals surface area contributed by atoms with Gasteiger partial charge < -0.3 is 9.30 Å². The Balaban J connectivity index is 2.63. The number of methoxy groups -OCH3 is 1. The molecular weight excluding hydrogens is 221 g/mol. The Labute approximate surface area is 97.9 Å². The molecule has 0 amide bonds. The fourth-order valence-electron chi connectivity index (χ4n) is 1.62. The summed E-state index contributed by atoms with van der Waals surface area (Å²) in [6.45, 7) is 0. The van der Waals surface area contributed by atoms with Crippen LogP contribution in [0.1, 0.15) is 5.69 Å². The molecule has 17 heavy (non-hydrogen) atoms. The maximum Gasteiger partial charge on any atom is 0.144 e. The van der Waals surface area contributed by atoms with Crippen LogP contribution in [0.2, 0.25) is 0 Å². The highest BCUT2D eigenvalue weighted by atomic mass is 19.1. The van der Waals surface area contributed by atoms with Gasteiger partial charge in [-0.2, -0.15) is 5.26 Å². The quantitative estimate of drug-likeness (QED) is 0.795. The second kappa shape index (κ2) is 4.26. The molecule has 5 heteroatoms. The van der Waals surface area contributed by atoms with Crippen molar-refractivity contribution in [1.29, 1.82) is 5.26 Å². The van der Waals surface area contributed by atoms with Gasteiger partial charge in [0.05, 0.1) is 18.9 Å². The topological polar surface area (TPSA) is 50.8 Å². The lowest BCUT2D eigenvalue weighted by molar-refractivity contribution is 0.415. The van der Waals surface area contributed by atoms with Crippen LogP contribution in [0.3, 0.4) is 0 Å². The van der Waals surface area contributed by atoms with E-state index in [4.69, 9.17) is 10.00 Å². The van der Waals surface area contributed by atoms with Crippen LogP contribution in [0.4, 0.5) is 4.39 Å². The first-order valence-corrected chi connectivity index (χ1v) is 4.93. The summed E-state index contributed by atoms with van der Waals surface area (Å²) < 4.78 is 20.0. The van der Waals surface area contributed by atoms with Crippen molar-refractivity contribution in [3.63, 3.8) is 0 Å². The average molecular weight is 231 g/mol. The molecule has 2 aromatic rings. The van der Waals surface area contributed by atoms with Gasteiger partial charge in [0.2, 0.25) is 0 Å². The molecule has 0 bridgehead atoms. The molecule has 1 heterocycles. The van der Waals surface area contributed by atoms with Crippen molar-refractivity contribution in [2.45, 2.75) is 0 Å². The van der Waals surface area contributed by atoms with Gasteiger partial charge in [-0.25, -0.2) is 9.37 Å². The number of nitriles is 1. The molecule has 0 saturated carbocycles. The predicted molar refractivity (Wildman–Crippen MR) is 59.9 cm³/mol. The van der Waals surface area contributed by atoms with Gasteiger partial charge in [-0.05, 0) is 18.2 Å². The smallest absolute Gasteiger partial charge is 0.144 e. The molecule has 0 unspecified atom stereocenters. The summed E-state index contributed by atoms with van der Waals surface area (Å²) in [6, 6.07) is 6.19. The first-order chi connectivity index (χ1) is 8.17. The Bertz CT molecular complexity index is 598. The third kappa shape index (κ3) is 1.85. The van der Waals surface area contributed by atoms with E-state index in [-0.39, 0.29) is 5.82 Å². The lowest BCUT2D eigenvalue weighted by atomic mass is 10.2. The van der Waals surface area contributed by atoms with Crippen molar-refractivity contribution >= 4 is 0 Å². The van der Waals surface area contributed by atoms with E-state index in [0.29, 0.717) is 22.8 Å². The number of rotatable bonds is 2. The lowest BCUT2D eigenvalue weighted by Gasteiger charge is -2.08. The van der Waals surface area contributed by atoms with E-state index in [0.717, 1.165) is 0 Å². The van der Waals surface area contributed by atoms with Gasteiger partial charge in [0.25, 0.3) is 0 Å². The second-order valence-electron chi connectivity index (χ2n) is 3.48. The molecule has 4 nitrogen and oxygen atoms in total. The molecule has 0 radical (unpaired) electrons. The van der Waals surface area contributed by atoms with Crippen molar-refractivity contribution < 1.29 is 9.13 Å². The average Bonchev–Trinajstić information content (AvgIpc) is 2.70.